The van der Waals surface area contributed by atoms with E-state index in [-0.39, 0.29) is 6.03 Å². The van der Waals surface area contributed by atoms with Crippen LogP contribution in [0.1, 0.15) is 11.1 Å². The van der Waals surface area contributed by atoms with E-state index in [2.05, 4.69) is 10.6 Å². The first-order valence-electron chi connectivity index (χ1n) is 8.00. The van der Waals surface area contributed by atoms with E-state index in [1.54, 1.807) is 21.3 Å². The van der Waals surface area contributed by atoms with Gasteiger partial charge < -0.3 is 24.8 Å². The molecule has 0 radical (unpaired) electrons. The highest BCUT2D eigenvalue weighted by Crippen LogP contribution is 2.27. The standard InChI is InChI=1S/C19H24N2O4/c1-23-13-15-6-4-5-7-16(15)21-19(22)20-11-10-14-8-9-17(24-2)18(12-14)25-3/h4-9,12H,10-11,13H2,1-3H3,(H2,20,21,22). The number of hydrogen-bond donors (Lipinski definition) is 2. The maximum atomic E-state index is 12.1. The lowest BCUT2D eigenvalue weighted by molar-refractivity contribution is 0.185. The SMILES string of the molecule is COCc1ccccc1NC(=O)NCCc1ccc(OC)c(OC)c1. The van der Waals surface area contributed by atoms with E-state index < -0.39 is 0 Å². The van der Waals surface area contributed by atoms with Gasteiger partial charge in [0.2, 0.25) is 0 Å². The third-order valence-corrected chi connectivity index (χ3v) is 3.71. The smallest absolute Gasteiger partial charge is 0.319 e. The highest BCUT2D eigenvalue weighted by Gasteiger charge is 2.07. The Bertz CT molecular complexity index is 704. The number of rotatable bonds is 8. The van der Waals surface area contributed by atoms with Crippen LogP contribution in [0.4, 0.5) is 10.5 Å². The van der Waals surface area contributed by atoms with Gasteiger partial charge in [0.25, 0.3) is 0 Å². The molecule has 0 heterocycles. The van der Waals surface area contributed by atoms with Crippen LogP contribution < -0.4 is 20.1 Å². The van der Waals surface area contributed by atoms with E-state index in [4.69, 9.17) is 14.2 Å². The van der Waals surface area contributed by atoms with Crippen LogP contribution in [-0.2, 0) is 17.8 Å². The van der Waals surface area contributed by atoms with Gasteiger partial charge in [-0.15, -0.1) is 0 Å². The third kappa shape index (κ3) is 5.39. The van der Waals surface area contributed by atoms with Gasteiger partial charge in [0.15, 0.2) is 11.5 Å². The van der Waals surface area contributed by atoms with Crippen molar-refractivity contribution in [1.29, 1.82) is 0 Å². The lowest BCUT2D eigenvalue weighted by atomic mass is 10.1. The molecular weight excluding hydrogens is 320 g/mol. The average molecular weight is 344 g/mol. The summed E-state index contributed by atoms with van der Waals surface area (Å²) in [6.45, 7) is 0.954. The highest BCUT2D eigenvalue weighted by molar-refractivity contribution is 5.90. The molecule has 0 atom stereocenters. The van der Waals surface area contributed by atoms with Gasteiger partial charge in [0, 0.05) is 24.9 Å². The molecule has 0 aliphatic rings. The summed E-state index contributed by atoms with van der Waals surface area (Å²) in [7, 11) is 4.83. The van der Waals surface area contributed by atoms with Crippen molar-refractivity contribution in [3.05, 3.63) is 53.6 Å². The van der Waals surface area contributed by atoms with Gasteiger partial charge >= 0.3 is 6.03 Å². The molecule has 0 unspecified atom stereocenters. The predicted octanol–water partition coefficient (Wildman–Crippen LogP) is 3.21. The molecule has 0 aromatic heterocycles. The van der Waals surface area contributed by atoms with Crippen molar-refractivity contribution in [2.75, 3.05) is 33.2 Å². The van der Waals surface area contributed by atoms with Crippen molar-refractivity contribution >= 4 is 11.7 Å². The van der Waals surface area contributed by atoms with Crippen LogP contribution in [-0.4, -0.2) is 33.9 Å². The number of anilines is 1. The molecule has 2 aromatic rings. The Morgan fingerprint density at radius 3 is 2.48 bits per heavy atom. The van der Waals surface area contributed by atoms with E-state index in [1.807, 2.05) is 42.5 Å². The summed E-state index contributed by atoms with van der Waals surface area (Å²) < 4.78 is 15.6. The van der Waals surface area contributed by atoms with E-state index in [1.165, 1.54) is 0 Å². The molecule has 2 amide bonds. The summed E-state index contributed by atoms with van der Waals surface area (Å²) in [4.78, 5) is 12.1. The fourth-order valence-electron chi connectivity index (χ4n) is 2.45. The van der Waals surface area contributed by atoms with Crippen molar-refractivity contribution in [1.82, 2.24) is 5.32 Å². The maximum Gasteiger partial charge on any atom is 0.319 e. The number of para-hydroxylation sites is 1. The number of benzene rings is 2. The largest absolute Gasteiger partial charge is 0.493 e. The number of carbonyl (C=O) groups is 1. The van der Waals surface area contributed by atoms with Gasteiger partial charge in [-0.3, -0.25) is 0 Å². The fraction of sp³-hybridized carbons (Fsp3) is 0.316. The number of urea groups is 1. The molecule has 6 nitrogen and oxygen atoms in total. The van der Waals surface area contributed by atoms with E-state index in [0.717, 1.165) is 16.8 Å². The summed E-state index contributed by atoms with van der Waals surface area (Å²) in [6.07, 6.45) is 0.688. The number of hydrogen-bond acceptors (Lipinski definition) is 4. The quantitative estimate of drug-likeness (QED) is 0.771. The van der Waals surface area contributed by atoms with E-state index in [0.29, 0.717) is 31.1 Å². The van der Waals surface area contributed by atoms with Crippen LogP contribution in [0.3, 0.4) is 0 Å². The molecule has 0 saturated heterocycles. The molecule has 0 fully saturated rings. The van der Waals surface area contributed by atoms with Crippen LogP contribution in [0.25, 0.3) is 0 Å². The topological polar surface area (TPSA) is 68.8 Å². The van der Waals surface area contributed by atoms with Gasteiger partial charge in [-0.05, 0) is 30.2 Å². The summed E-state index contributed by atoms with van der Waals surface area (Å²) in [5.74, 6) is 1.37. The van der Waals surface area contributed by atoms with Gasteiger partial charge in [0.1, 0.15) is 0 Å². The second kappa shape index (κ2) is 9.54. The zero-order valence-corrected chi connectivity index (χ0v) is 14.8. The highest BCUT2D eigenvalue weighted by atomic mass is 16.5. The Kier molecular flexibility index (Phi) is 7.10. The van der Waals surface area contributed by atoms with Crippen molar-refractivity contribution in [3.8, 4) is 11.5 Å². The van der Waals surface area contributed by atoms with E-state index in [9.17, 15) is 4.79 Å². The minimum atomic E-state index is -0.246. The van der Waals surface area contributed by atoms with Crippen LogP contribution in [0.15, 0.2) is 42.5 Å². The first-order valence-corrected chi connectivity index (χ1v) is 8.00. The van der Waals surface area contributed by atoms with Gasteiger partial charge in [-0.2, -0.15) is 0 Å². The number of nitrogens with one attached hydrogen (secondary N) is 2. The fourth-order valence-corrected chi connectivity index (χ4v) is 2.45. The third-order valence-electron chi connectivity index (χ3n) is 3.71. The molecule has 0 spiro atoms. The van der Waals surface area contributed by atoms with Gasteiger partial charge in [-0.25, -0.2) is 4.79 Å². The minimum Gasteiger partial charge on any atom is -0.493 e. The normalized spacial score (nSPS) is 10.2. The Morgan fingerprint density at radius 2 is 1.76 bits per heavy atom. The predicted molar refractivity (Wildman–Crippen MR) is 97.4 cm³/mol. The lowest BCUT2D eigenvalue weighted by Crippen LogP contribution is -2.30. The Balaban J connectivity index is 1.87. The number of ether oxygens (including phenoxy) is 3. The number of carbonyl (C=O) groups excluding carboxylic acids is 1. The van der Waals surface area contributed by atoms with Crippen LogP contribution >= 0.6 is 0 Å². The summed E-state index contributed by atoms with van der Waals surface area (Å²) in [6, 6.07) is 13.0. The van der Waals surface area contributed by atoms with E-state index >= 15 is 0 Å². The summed E-state index contributed by atoms with van der Waals surface area (Å²) >= 11 is 0. The number of methoxy groups -OCH3 is 3. The lowest BCUT2D eigenvalue weighted by Gasteiger charge is -2.12. The molecule has 2 N–H and O–H groups in total. The first-order chi connectivity index (χ1) is 12.2. The average Bonchev–Trinajstić information content (AvgIpc) is 2.63. The molecule has 0 aliphatic carbocycles. The molecule has 134 valence electrons. The summed E-state index contributed by atoms with van der Waals surface area (Å²) in [5.41, 5.74) is 2.73. The Morgan fingerprint density at radius 1 is 1.00 bits per heavy atom. The second-order valence-corrected chi connectivity index (χ2v) is 5.41. The second-order valence-electron chi connectivity index (χ2n) is 5.41. The van der Waals surface area contributed by atoms with Crippen LogP contribution in [0, 0.1) is 0 Å². The molecule has 0 saturated carbocycles. The van der Waals surface area contributed by atoms with Crippen molar-refractivity contribution < 1.29 is 19.0 Å². The molecule has 0 aliphatic heterocycles. The zero-order valence-electron chi connectivity index (χ0n) is 14.8. The van der Waals surface area contributed by atoms with Crippen LogP contribution in [0.2, 0.25) is 0 Å². The van der Waals surface area contributed by atoms with Crippen LogP contribution in [0.5, 0.6) is 11.5 Å². The van der Waals surface area contributed by atoms with Gasteiger partial charge in [-0.1, -0.05) is 24.3 Å². The molecular formula is C19H24N2O4. The Labute approximate surface area is 148 Å². The Hall–Kier alpha value is -2.73. The zero-order chi connectivity index (χ0) is 18.1. The van der Waals surface area contributed by atoms with Gasteiger partial charge in [0.05, 0.1) is 20.8 Å². The monoisotopic (exact) mass is 344 g/mol. The summed E-state index contributed by atoms with van der Waals surface area (Å²) in [5, 5.41) is 5.70. The minimum absolute atomic E-state index is 0.246. The maximum absolute atomic E-state index is 12.1. The van der Waals surface area contributed by atoms with Crippen molar-refractivity contribution in [3.63, 3.8) is 0 Å². The first kappa shape index (κ1) is 18.6. The van der Waals surface area contributed by atoms with Crippen molar-refractivity contribution in [2.24, 2.45) is 0 Å². The molecule has 2 rings (SSSR count). The molecule has 25 heavy (non-hydrogen) atoms. The molecule has 6 heteroatoms. The molecule has 2 aromatic carbocycles. The van der Waals surface area contributed by atoms with Crippen molar-refractivity contribution in [2.45, 2.75) is 13.0 Å². The number of amides is 2. The molecule has 0 bridgehead atoms.